The molecule has 0 saturated carbocycles. The smallest absolute Gasteiger partial charge is 0.351 e. The number of carboxylic acid groups (broad SMARTS) is 1. The van der Waals surface area contributed by atoms with Crippen LogP contribution >= 0.6 is 0 Å². The maximum atomic E-state index is 13.0. The minimum Gasteiger partial charge on any atom is -0.480 e. The molecule has 3 saturated heterocycles. The first-order valence-electron chi connectivity index (χ1n) is 15.5. The van der Waals surface area contributed by atoms with Crippen molar-refractivity contribution in [1.29, 1.82) is 0 Å². The molecule has 3 aliphatic rings. The molecule has 3 aliphatic heterocycles. The van der Waals surface area contributed by atoms with E-state index in [1.165, 1.54) is 22.1 Å². The van der Waals surface area contributed by atoms with Gasteiger partial charge >= 0.3 is 11.7 Å². The number of rotatable bonds is 9. The van der Waals surface area contributed by atoms with Crippen molar-refractivity contribution in [2.45, 2.75) is 102 Å². The van der Waals surface area contributed by atoms with Crippen LogP contribution in [0.3, 0.4) is 0 Å². The monoisotopic (exact) mass is 653 g/mol. The van der Waals surface area contributed by atoms with Crippen LogP contribution in [-0.2, 0) is 23.9 Å². The van der Waals surface area contributed by atoms with Crippen LogP contribution in [0, 0.1) is 11.8 Å². The second-order valence-corrected chi connectivity index (χ2v) is 12.5. The second-order valence-electron chi connectivity index (χ2n) is 12.5. The molecule has 0 unspecified atom stereocenters. The Morgan fingerprint density at radius 3 is 2.09 bits per heavy atom. The van der Waals surface area contributed by atoms with Gasteiger partial charge in [0.1, 0.15) is 42.3 Å². The quantitative estimate of drug-likeness (QED) is 0.147. The fourth-order valence-electron chi connectivity index (χ4n) is 5.74. The van der Waals surface area contributed by atoms with E-state index in [-0.39, 0.29) is 35.4 Å². The summed E-state index contributed by atoms with van der Waals surface area (Å²) in [5, 5.41) is 40.3. The number of nitrogen functional groups attached to an aromatic ring is 1. The summed E-state index contributed by atoms with van der Waals surface area (Å²) in [6.07, 6.45) is -1.01. The Balaban J connectivity index is 0.000000286. The van der Waals surface area contributed by atoms with Crippen molar-refractivity contribution in [2.24, 2.45) is 17.6 Å². The van der Waals surface area contributed by atoms with Crippen LogP contribution in [-0.4, -0.2) is 126 Å². The fraction of sp³-hybridized carbons (Fsp3) is 0.724. The molecule has 1 aromatic heterocycles. The Hall–Kier alpha value is -3.64. The number of hydrogen-bond acceptors (Lipinski definition) is 12. The number of likely N-dealkylation sites (tertiary alicyclic amines) is 2. The van der Waals surface area contributed by atoms with Crippen LogP contribution in [0.2, 0.25) is 0 Å². The number of carboxylic acids is 1. The van der Waals surface area contributed by atoms with Crippen LogP contribution in [0.25, 0.3) is 0 Å². The maximum absolute atomic E-state index is 13.0. The number of aromatic nitrogens is 2. The van der Waals surface area contributed by atoms with Crippen LogP contribution in [0.4, 0.5) is 5.82 Å². The van der Waals surface area contributed by atoms with Crippen molar-refractivity contribution >= 4 is 29.5 Å². The Kier molecular flexibility index (Phi) is 12.6. The molecule has 46 heavy (non-hydrogen) atoms. The van der Waals surface area contributed by atoms with E-state index < -0.39 is 67.0 Å². The third-order valence-electron chi connectivity index (χ3n) is 8.54. The van der Waals surface area contributed by atoms with Crippen LogP contribution in [0.15, 0.2) is 17.1 Å². The molecule has 17 nitrogen and oxygen atoms in total. The molecule has 17 heteroatoms. The van der Waals surface area contributed by atoms with Crippen molar-refractivity contribution in [2.75, 3.05) is 25.4 Å². The van der Waals surface area contributed by atoms with E-state index in [1.807, 2.05) is 13.8 Å². The van der Waals surface area contributed by atoms with Gasteiger partial charge in [0.2, 0.25) is 17.7 Å². The first kappa shape index (κ1) is 36.8. The average molecular weight is 654 g/mol. The average Bonchev–Trinajstić information content (AvgIpc) is 3.75. The topological polar surface area (TPSA) is 264 Å². The first-order valence-corrected chi connectivity index (χ1v) is 15.5. The van der Waals surface area contributed by atoms with Crippen molar-refractivity contribution in [3.63, 3.8) is 0 Å². The Morgan fingerprint density at radius 2 is 1.59 bits per heavy atom. The SMILES string of the molecule is CC(C)[C@H](N)C(=O)N1CCC[C@H]1C(=O)N[C@H](C(=O)N1CCC[C@H]1C(=O)O)C(C)C.Nc1ccn([C@@H]2O[C@H](CO)[C@@H](O)[C@@H]2O)c(=O)n1. The van der Waals surface area contributed by atoms with Gasteiger partial charge in [-0.25, -0.2) is 9.59 Å². The van der Waals surface area contributed by atoms with Crippen molar-refractivity contribution in [1.82, 2.24) is 24.7 Å². The van der Waals surface area contributed by atoms with E-state index in [2.05, 4.69) is 10.3 Å². The van der Waals surface area contributed by atoms with Gasteiger partial charge in [0.15, 0.2) is 6.23 Å². The van der Waals surface area contributed by atoms with Gasteiger partial charge in [-0.05, 0) is 43.6 Å². The number of carbonyl (C=O) groups is 4. The van der Waals surface area contributed by atoms with E-state index in [4.69, 9.17) is 21.3 Å². The minimum atomic E-state index is -1.31. The number of anilines is 1. The molecule has 0 spiro atoms. The summed E-state index contributed by atoms with van der Waals surface area (Å²) in [5.74, 6) is -2.25. The molecular weight excluding hydrogens is 606 g/mol. The molecule has 0 aromatic carbocycles. The Bertz CT molecular complexity index is 1310. The van der Waals surface area contributed by atoms with Gasteiger partial charge < -0.3 is 51.7 Å². The molecule has 4 heterocycles. The van der Waals surface area contributed by atoms with E-state index in [1.54, 1.807) is 13.8 Å². The number of aliphatic carboxylic acids is 1. The lowest BCUT2D eigenvalue weighted by Crippen LogP contribution is -2.58. The molecular formula is C29H47N7O10. The van der Waals surface area contributed by atoms with Crippen molar-refractivity contribution in [3.8, 4) is 0 Å². The maximum Gasteiger partial charge on any atom is 0.351 e. The highest BCUT2D eigenvalue weighted by atomic mass is 16.6. The number of nitrogens with one attached hydrogen (secondary N) is 1. The molecule has 3 amide bonds. The van der Waals surface area contributed by atoms with E-state index >= 15 is 0 Å². The van der Waals surface area contributed by atoms with Crippen LogP contribution in [0.5, 0.6) is 0 Å². The fourth-order valence-corrected chi connectivity index (χ4v) is 5.74. The molecule has 0 radical (unpaired) electrons. The van der Waals surface area contributed by atoms with Gasteiger partial charge in [0.25, 0.3) is 0 Å². The molecule has 1 aromatic rings. The van der Waals surface area contributed by atoms with E-state index in [9.17, 15) is 39.3 Å². The highest BCUT2D eigenvalue weighted by Crippen LogP contribution is 2.28. The summed E-state index contributed by atoms with van der Waals surface area (Å²) in [7, 11) is 0. The predicted octanol–water partition coefficient (Wildman–Crippen LogP) is -2.39. The van der Waals surface area contributed by atoms with Gasteiger partial charge in [-0.1, -0.05) is 27.7 Å². The molecule has 9 N–H and O–H groups in total. The highest BCUT2D eigenvalue weighted by Gasteiger charge is 2.44. The van der Waals surface area contributed by atoms with Gasteiger partial charge in [-0.3, -0.25) is 19.0 Å². The largest absolute Gasteiger partial charge is 0.480 e. The van der Waals surface area contributed by atoms with Gasteiger partial charge in [-0.15, -0.1) is 0 Å². The standard InChI is InChI=1S/C20H34N4O5.C9H13N3O5/c1-11(2)15(21)18(26)23-9-5-7-13(23)17(25)22-16(12(3)4)19(27)24-10-6-8-14(24)20(28)29;10-5-1-2-12(9(16)11-5)8-7(15)6(14)4(3-13)17-8/h11-16H,5-10,21H2,1-4H3,(H,22,25)(H,28,29);1-2,4,6-8,13-15H,3H2,(H2,10,11,16)/t13-,14-,15-,16-;4-,6-,7+,8-/m01/s1. The third kappa shape index (κ3) is 8.19. The van der Waals surface area contributed by atoms with E-state index in [0.29, 0.717) is 38.8 Å². The lowest BCUT2D eigenvalue weighted by Gasteiger charge is -2.32. The second kappa shape index (κ2) is 15.8. The first-order chi connectivity index (χ1) is 21.6. The molecule has 258 valence electrons. The number of nitrogens with two attached hydrogens (primary N) is 2. The molecule has 3 fully saturated rings. The van der Waals surface area contributed by atoms with Gasteiger partial charge in [0, 0.05) is 19.3 Å². The van der Waals surface area contributed by atoms with Crippen molar-refractivity contribution in [3.05, 3.63) is 22.7 Å². The number of hydrogen-bond donors (Lipinski definition) is 7. The zero-order valence-corrected chi connectivity index (χ0v) is 26.6. The third-order valence-corrected chi connectivity index (χ3v) is 8.54. The lowest BCUT2D eigenvalue weighted by molar-refractivity contribution is -0.150. The molecule has 0 bridgehead atoms. The number of carbonyl (C=O) groups excluding carboxylic acids is 3. The van der Waals surface area contributed by atoms with Crippen molar-refractivity contribution < 1.29 is 44.3 Å². The van der Waals surface area contributed by atoms with Crippen LogP contribution < -0.4 is 22.5 Å². The zero-order chi connectivity index (χ0) is 34.5. The molecule has 8 atom stereocenters. The van der Waals surface area contributed by atoms with E-state index in [0.717, 1.165) is 4.57 Å². The number of aliphatic hydroxyl groups excluding tert-OH is 3. The van der Waals surface area contributed by atoms with Gasteiger partial charge in [0.05, 0.1) is 12.6 Å². The summed E-state index contributed by atoms with van der Waals surface area (Å²) in [5.41, 5.74) is 10.6. The minimum absolute atomic E-state index is 0.0417. The van der Waals surface area contributed by atoms with Crippen LogP contribution in [0.1, 0.15) is 59.6 Å². The normalized spacial score (nSPS) is 27.3. The number of amides is 3. The predicted molar refractivity (Wildman–Crippen MR) is 163 cm³/mol. The Morgan fingerprint density at radius 1 is 1.00 bits per heavy atom. The zero-order valence-electron chi connectivity index (χ0n) is 26.6. The van der Waals surface area contributed by atoms with Gasteiger partial charge in [-0.2, -0.15) is 4.98 Å². The summed E-state index contributed by atoms with van der Waals surface area (Å²) in [4.78, 5) is 67.9. The highest BCUT2D eigenvalue weighted by molar-refractivity contribution is 5.94. The Labute approximate surface area is 266 Å². The molecule has 0 aliphatic carbocycles. The number of ether oxygens (including phenoxy) is 1. The summed E-state index contributed by atoms with van der Waals surface area (Å²) in [6.45, 7) is 7.71. The molecule has 4 rings (SSSR count). The summed E-state index contributed by atoms with van der Waals surface area (Å²) < 4.78 is 6.19. The summed E-state index contributed by atoms with van der Waals surface area (Å²) >= 11 is 0. The summed E-state index contributed by atoms with van der Waals surface area (Å²) in [6, 6.07) is -1.65. The number of aliphatic hydroxyl groups is 3. The lowest BCUT2D eigenvalue weighted by atomic mass is 10.0. The number of nitrogens with zero attached hydrogens (tertiary/aromatic N) is 4.